The standard InChI is InChI=1S/C13H23BrN2OS/c1-4-5-15-7-12(9-17-3)16(2)8-11-6-13(14)18-10-11/h6,10,12,15H,4-5,7-9H2,1-3H3. The molecule has 0 saturated heterocycles. The van der Waals surface area contributed by atoms with E-state index in [9.17, 15) is 0 Å². The van der Waals surface area contributed by atoms with Gasteiger partial charge in [0.25, 0.3) is 0 Å². The lowest BCUT2D eigenvalue weighted by Crippen LogP contribution is -2.42. The molecule has 0 saturated carbocycles. The molecule has 0 aromatic carbocycles. The second-order valence-electron chi connectivity index (χ2n) is 4.49. The zero-order valence-electron chi connectivity index (χ0n) is 11.4. The summed E-state index contributed by atoms with van der Waals surface area (Å²) in [5.41, 5.74) is 1.35. The Bertz CT molecular complexity index is 333. The molecule has 5 heteroatoms. The Morgan fingerprint density at radius 3 is 2.89 bits per heavy atom. The molecule has 1 atom stereocenters. The van der Waals surface area contributed by atoms with Gasteiger partial charge in [0.2, 0.25) is 0 Å². The Morgan fingerprint density at radius 2 is 2.33 bits per heavy atom. The van der Waals surface area contributed by atoms with Crippen LogP contribution >= 0.6 is 27.3 Å². The highest BCUT2D eigenvalue weighted by Gasteiger charge is 2.14. The molecular formula is C13H23BrN2OS. The van der Waals surface area contributed by atoms with Crippen LogP contribution in [0.3, 0.4) is 0 Å². The fraction of sp³-hybridized carbons (Fsp3) is 0.692. The highest BCUT2D eigenvalue weighted by molar-refractivity contribution is 9.11. The molecule has 0 fully saturated rings. The van der Waals surface area contributed by atoms with Gasteiger partial charge in [0.15, 0.2) is 0 Å². The number of likely N-dealkylation sites (N-methyl/N-ethyl adjacent to an activating group) is 1. The summed E-state index contributed by atoms with van der Waals surface area (Å²) in [6.07, 6.45) is 1.17. The third-order valence-electron chi connectivity index (χ3n) is 2.84. The van der Waals surface area contributed by atoms with E-state index < -0.39 is 0 Å². The van der Waals surface area contributed by atoms with Crippen LogP contribution in [0.15, 0.2) is 15.2 Å². The Morgan fingerprint density at radius 1 is 1.56 bits per heavy atom. The van der Waals surface area contributed by atoms with E-state index in [2.05, 4.69) is 51.6 Å². The quantitative estimate of drug-likeness (QED) is 0.702. The van der Waals surface area contributed by atoms with Gasteiger partial charge in [-0.1, -0.05) is 6.92 Å². The number of hydrogen-bond donors (Lipinski definition) is 1. The maximum atomic E-state index is 5.31. The number of thiophene rings is 1. The molecule has 1 unspecified atom stereocenters. The third-order valence-corrected chi connectivity index (χ3v) is 4.40. The Hall–Kier alpha value is 0.0600. The Kier molecular flexibility index (Phi) is 8.10. The molecule has 0 amide bonds. The molecule has 104 valence electrons. The van der Waals surface area contributed by atoms with Crippen LogP contribution in [0, 0.1) is 0 Å². The van der Waals surface area contributed by atoms with E-state index in [-0.39, 0.29) is 0 Å². The molecule has 0 aliphatic rings. The van der Waals surface area contributed by atoms with E-state index in [4.69, 9.17) is 4.74 Å². The molecule has 1 aromatic rings. The van der Waals surface area contributed by atoms with Crippen LogP contribution in [0.25, 0.3) is 0 Å². The monoisotopic (exact) mass is 334 g/mol. The van der Waals surface area contributed by atoms with Crippen molar-refractivity contribution in [2.24, 2.45) is 0 Å². The summed E-state index contributed by atoms with van der Waals surface area (Å²) in [6.45, 7) is 5.95. The molecule has 1 heterocycles. The highest BCUT2D eigenvalue weighted by atomic mass is 79.9. The number of hydrogen-bond acceptors (Lipinski definition) is 4. The summed E-state index contributed by atoms with van der Waals surface area (Å²) in [4.78, 5) is 2.35. The maximum Gasteiger partial charge on any atom is 0.0701 e. The van der Waals surface area contributed by atoms with Gasteiger partial charge in [0.05, 0.1) is 10.4 Å². The minimum Gasteiger partial charge on any atom is -0.383 e. The Balaban J connectivity index is 2.44. The summed E-state index contributed by atoms with van der Waals surface area (Å²) >= 11 is 5.24. The van der Waals surface area contributed by atoms with Crippen LogP contribution in [0.1, 0.15) is 18.9 Å². The van der Waals surface area contributed by atoms with Crippen molar-refractivity contribution in [3.05, 3.63) is 20.8 Å². The average Bonchev–Trinajstić information content (AvgIpc) is 2.74. The van der Waals surface area contributed by atoms with Gasteiger partial charge in [-0.05, 0) is 53.0 Å². The molecular weight excluding hydrogens is 312 g/mol. The van der Waals surface area contributed by atoms with Crippen molar-refractivity contribution < 1.29 is 4.74 Å². The number of nitrogens with one attached hydrogen (secondary N) is 1. The van der Waals surface area contributed by atoms with Crippen molar-refractivity contribution in [1.29, 1.82) is 0 Å². The van der Waals surface area contributed by atoms with E-state index in [0.717, 1.165) is 26.2 Å². The van der Waals surface area contributed by atoms with Crippen molar-refractivity contribution in [3.8, 4) is 0 Å². The topological polar surface area (TPSA) is 24.5 Å². The zero-order chi connectivity index (χ0) is 13.4. The summed E-state index contributed by atoms with van der Waals surface area (Å²) in [5.74, 6) is 0. The summed E-state index contributed by atoms with van der Waals surface area (Å²) in [7, 11) is 3.92. The minimum absolute atomic E-state index is 0.417. The second-order valence-corrected chi connectivity index (χ2v) is 6.78. The van der Waals surface area contributed by atoms with E-state index in [0.29, 0.717) is 6.04 Å². The van der Waals surface area contributed by atoms with Crippen LogP contribution in [0.5, 0.6) is 0 Å². The van der Waals surface area contributed by atoms with Gasteiger partial charge in [0.1, 0.15) is 0 Å². The molecule has 1 rings (SSSR count). The fourth-order valence-electron chi connectivity index (χ4n) is 1.83. The first-order valence-electron chi connectivity index (χ1n) is 6.30. The van der Waals surface area contributed by atoms with Gasteiger partial charge in [-0.15, -0.1) is 11.3 Å². The largest absolute Gasteiger partial charge is 0.383 e. The molecule has 18 heavy (non-hydrogen) atoms. The highest BCUT2D eigenvalue weighted by Crippen LogP contribution is 2.21. The molecule has 0 radical (unpaired) electrons. The van der Waals surface area contributed by atoms with Crippen molar-refractivity contribution >= 4 is 27.3 Å². The van der Waals surface area contributed by atoms with E-state index in [1.54, 1.807) is 18.4 Å². The lowest BCUT2D eigenvalue weighted by Gasteiger charge is -2.27. The molecule has 0 aliphatic heterocycles. The lowest BCUT2D eigenvalue weighted by molar-refractivity contribution is 0.101. The predicted molar refractivity (Wildman–Crippen MR) is 82.3 cm³/mol. The van der Waals surface area contributed by atoms with Crippen LogP contribution in [-0.4, -0.2) is 44.8 Å². The van der Waals surface area contributed by atoms with Gasteiger partial charge in [-0.3, -0.25) is 4.90 Å². The van der Waals surface area contributed by atoms with Crippen LogP contribution in [-0.2, 0) is 11.3 Å². The van der Waals surface area contributed by atoms with Crippen molar-refractivity contribution in [2.75, 3.05) is 33.9 Å². The lowest BCUT2D eigenvalue weighted by atomic mass is 10.2. The molecule has 0 spiro atoms. The normalized spacial score (nSPS) is 13.2. The zero-order valence-corrected chi connectivity index (χ0v) is 13.8. The van der Waals surface area contributed by atoms with Crippen LogP contribution in [0.4, 0.5) is 0 Å². The minimum atomic E-state index is 0.417. The number of ether oxygens (including phenoxy) is 1. The Labute approximate surface area is 123 Å². The molecule has 1 aromatic heterocycles. The van der Waals surface area contributed by atoms with Crippen molar-refractivity contribution in [1.82, 2.24) is 10.2 Å². The average molecular weight is 335 g/mol. The fourth-order valence-corrected chi connectivity index (χ4v) is 3.03. The molecule has 0 bridgehead atoms. The van der Waals surface area contributed by atoms with Crippen LogP contribution < -0.4 is 5.32 Å². The summed E-state index contributed by atoms with van der Waals surface area (Å²) < 4.78 is 6.50. The van der Waals surface area contributed by atoms with Gasteiger partial charge >= 0.3 is 0 Å². The second kappa shape index (κ2) is 9.04. The van der Waals surface area contributed by atoms with Gasteiger partial charge in [-0.2, -0.15) is 0 Å². The number of methoxy groups -OCH3 is 1. The first-order valence-corrected chi connectivity index (χ1v) is 7.97. The summed E-state index contributed by atoms with van der Waals surface area (Å²) in [5, 5.41) is 5.66. The number of rotatable bonds is 9. The van der Waals surface area contributed by atoms with Crippen molar-refractivity contribution in [3.63, 3.8) is 0 Å². The van der Waals surface area contributed by atoms with Gasteiger partial charge in [0, 0.05) is 26.2 Å². The van der Waals surface area contributed by atoms with Crippen LogP contribution in [0.2, 0.25) is 0 Å². The third kappa shape index (κ3) is 5.80. The van der Waals surface area contributed by atoms with Gasteiger partial charge in [-0.25, -0.2) is 0 Å². The molecule has 3 nitrogen and oxygen atoms in total. The molecule has 0 aliphatic carbocycles. The molecule has 1 N–H and O–H groups in total. The first-order chi connectivity index (χ1) is 8.67. The smallest absolute Gasteiger partial charge is 0.0701 e. The number of nitrogens with zero attached hydrogens (tertiary/aromatic N) is 1. The summed E-state index contributed by atoms with van der Waals surface area (Å²) in [6, 6.07) is 2.60. The maximum absolute atomic E-state index is 5.31. The van der Waals surface area contributed by atoms with E-state index >= 15 is 0 Å². The predicted octanol–water partition coefficient (Wildman–Crippen LogP) is 2.96. The SMILES string of the molecule is CCCNCC(COC)N(C)Cc1csc(Br)c1. The first kappa shape index (κ1) is 16.1. The van der Waals surface area contributed by atoms with E-state index in [1.165, 1.54) is 15.8 Å². The van der Waals surface area contributed by atoms with E-state index in [1.807, 2.05) is 0 Å². The number of halogens is 1. The van der Waals surface area contributed by atoms with Crippen molar-refractivity contribution in [2.45, 2.75) is 25.9 Å². The van der Waals surface area contributed by atoms with Gasteiger partial charge < -0.3 is 10.1 Å².